The van der Waals surface area contributed by atoms with Crippen molar-refractivity contribution in [3.05, 3.63) is 93.0 Å². The predicted octanol–water partition coefficient (Wildman–Crippen LogP) is 3.77. The van der Waals surface area contributed by atoms with E-state index in [0.29, 0.717) is 16.8 Å². The van der Waals surface area contributed by atoms with Gasteiger partial charge in [-0.3, -0.25) is 19.9 Å². The first kappa shape index (κ1) is 19.0. The molecular weight excluding hydrogens is 393 g/mol. The van der Waals surface area contributed by atoms with Gasteiger partial charge in [0.2, 0.25) is 0 Å². The molecule has 2 heterocycles. The lowest BCUT2D eigenvalue weighted by molar-refractivity contribution is -0.383. The van der Waals surface area contributed by atoms with Crippen molar-refractivity contribution >= 4 is 22.3 Å². The molecule has 4 rings (SSSR count). The molecule has 2 N–H and O–H groups in total. The van der Waals surface area contributed by atoms with Crippen LogP contribution in [-0.4, -0.2) is 19.9 Å². The second kappa shape index (κ2) is 7.95. The predicted molar refractivity (Wildman–Crippen MR) is 107 cm³/mol. The Morgan fingerprint density at radius 2 is 2.10 bits per heavy atom. The van der Waals surface area contributed by atoms with E-state index in [1.165, 1.54) is 30.7 Å². The Hall–Kier alpha value is -4.34. The number of ether oxygens (including phenoxy) is 1. The summed E-state index contributed by atoms with van der Waals surface area (Å²) in [5, 5.41) is 14.4. The zero-order valence-electron chi connectivity index (χ0n) is 15.3. The van der Waals surface area contributed by atoms with Gasteiger partial charge in [-0.1, -0.05) is 6.07 Å². The van der Waals surface area contributed by atoms with Crippen LogP contribution in [0.3, 0.4) is 0 Å². The Kier molecular flexibility index (Phi) is 5.04. The van der Waals surface area contributed by atoms with Gasteiger partial charge >= 0.3 is 0 Å². The van der Waals surface area contributed by atoms with Gasteiger partial charge in [-0.15, -0.1) is 0 Å². The maximum atomic E-state index is 14.4. The Bertz CT molecular complexity index is 1290. The second-order valence-corrected chi connectivity index (χ2v) is 6.28. The number of aromatic nitrogens is 3. The summed E-state index contributed by atoms with van der Waals surface area (Å²) >= 11 is 0. The summed E-state index contributed by atoms with van der Waals surface area (Å²) in [5.41, 5.74) is 0.262. The molecule has 0 radical (unpaired) electrons. The lowest BCUT2D eigenvalue weighted by atomic mass is 10.1. The maximum absolute atomic E-state index is 14.4. The van der Waals surface area contributed by atoms with E-state index >= 15 is 0 Å². The van der Waals surface area contributed by atoms with E-state index in [2.05, 4.69) is 20.3 Å². The van der Waals surface area contributed by atoms with Gasteiger partial charge in [-0.2, -0.15) is 0 Å². The molecule has 0 aliphatic heterocycles. The SMILES string of the molecule is O=c1[nH]cnc2cc(NCc3ccc(Oc4cccnc4)c(F)c3)c([N+](=O)[O-])cc12. The number of aromatic amines is 1. The summed E-state index contributed by atoms with van der Waals surface area (Å²) in [7, 11) is 0. The number of nitrogens with one attached hydrogen (secondary N) is 2. The minimum absolute atomic E-state index is 0.0341. The van der Waals surface area contributed by atoms with Crippen LogP contribution in [0.5, 0.6) is 11.5 Å². The van der Waals surface area contributed by atoms with Gasteiger partial charge in [-0.05, 0) is 35.9 Å². The van der Waals surface area contributed by atoms with Crippen LogP contribution in [0.4, 0.5) is 15.8 Å². The van der Waals surface area contributed by atoms with Crippen molar-refractivity contribution in [2.24, 2.45) is 0 Å². The van der Waals surface area contributed by atoms with Crippen LogP contribution in [0.25, 0.3) is 10.9 Å². The number of benzene rings is 2. The van der Waals surface area contributed by atoms with Crippen LogP contribution in [0.15, 0.2) is 66.0 Å². The van der Waals surface area contributed by atoms with Crippen molar-refractivity contribution in [3.63, 3.8) is 0 Å². The standard InChI is InChI=1S/C20H14FN5O4/c21-15-6-12(3-4-19(15)30-13-2-1-5-22-10-13)9-23-17-8-16-14(7-18(17)26(28)29)20(27)25-11-24-16/h1-8,10-11,23H,9H2,(H,24,25,27). The summed E-state index contributed by atoms with van der Waals surface area (Å²) < 4.78 is 19.8. The first-order chi connectivity index (χ1) is 14.5. The third kappa shape index (κ3) is 3.92. The van der Waals surface area contributed by atoms with Gasteiger partial charge in [0, 0.05) is 18.8 Å². The molecule has 0 amide bonds. The first-order valence-electron chi connectivity index (χ1n) is 8.77. The number of nitro benzene ring substituents is 1. The van der Waals surface area contributed by atoms with Gasteiger partial charge in [0.05, 0.1) is 28.4 Å². The molecule has 0 aliphatic rings. The summed E-state index contributed by atoms with van der Waals surface area (Å²) in [6.45, 7) is 0.111. The topological polar surface area (TPSA) is 123 Å². The fraction of sp³-hybridized carbons (Fsp3) is 0.0500. The Balaban J connectivity index is 1.56. The van der Waals surface area contributed by atoms with E-state index < -0.39 is 16.3 Å². The highest BCUT2D eigenvalue weighted by atomic mass is 19.1. The zero-order chi connectivity index (χ0) is 21.1. The highest BCUT2D eigenvalue weighted by Crippen LogP contribution is 2.29. The number of hydrogen-bond donors (Lipinski definition) is 2. The molecule has 4 aromatic rings. The number of H-pyrrole nitrogens is 1. The molecule has 0 atom stereocenters. The van der Waals surface area contributed by atoms with Gasteiger partial charge in [0.1, 0.15) is 11.4 Å². The zero-order valence-corrected chi connectivity index (χ0v) is 15.3. The van der Waals surface area contributed by atoms with Crippen LogP contribution < -0.4 is 15.6 Å². The molecule has 30 heavy (non-hydrogen) atoms. The van der Waals surface area contributed by atoms with Gasteiger partial charge < -0.3 is 15.0 Å². The first-order valence-corrected chi connectivity index (χ1v) is 8.77. The Labute approximate surface area is 168 Å². The van der Waals surface area contributed by atoms with Crippen LogP contribution in [0.2, 0.25) is 0 Å². The van der Waals surface area contributed by atoms with Crippen molar-refractivity contribution in [1.29, 1.82) is 0 Å². The van der Waals surface area contributed by atoms with E-state index in [1.807, 2.05) is 0 Å². The number of nitrogens with zero attached hydrogens (tertiary/aromatic N) is 3. The second-order valence-electron chi connectivity index (χ2n) is 6.28. The number of rotatable bonds is 6. The van der Waals surface area contributed by atoms with Crippen LogP contribution >= 0.6 is 0 Å². The molecule has 9 nitrogen and oxygen atoms in total. The third-order valence-electron chi connectivity index (χ3n) is 4.30. The summed E-state index contributed by atoms with van der Waals surface area (Å²) in [4.78, 5) is 33.0. The average molecular weight is 407 g/mol. The van der Waals surface area contributed by atoms with Crippen molar-refractivity contribution in [2.75, 3.05) is 5.32 Å². The molecule has 0 saturated carbocycles. The number of hydrogen-bond acceptors (Lipinski definition) is 7. The molecular formula is C20H14FN5O4. The van der Waals surface area contributed by atoms with Crippen molar-refractivity contribution in [2.45, 2.75) is 6.54 Å². The summed E-state index contributed by atoms with van der Waals surface area (Å²) in [6, 6.07) is 10.3. The molecule has 2 aromatic carbocycles. The normalized spacial score (nSPS) is 10.7. The van der Waals surface area contributed by atoms with Crippen molar-refractivity contribution in [1.82, 2.24) is 15.0 Å². The Morgan fingerprint density at radius 3 is 2.83 bits per heavy atom. The number of nitro groups is 1. The van der Waals surface area contributed by atoms with Crippen molar-refractivity contribution < 1.29 is 14.1 Å². The number of halogens is 1. The number of pyridine rings is 1. The van der Waals surface area contributed by atoms with Crippen LogP contribution in [0, 0.1) is 15.9 Å². The Morgan fingerprint density at radius 1 is 1.23 bits per heavy atom. The highest BCUT2D eigenvalue weighted by molar-refractivity contribution is 5.86. The van der Waals surface area contributed by atoms with Gasteiger partial charge in [0.25, 0.3) is 11.2 Å². The minimum Gasteiger partial charge on any atom is -0.453 e. The molecule has 0 fully saturated rings. The van der Waals surface area contributed by atoms with Gasteiger partial charge in [-0.25, -0.2) is 9.37 Å². The number of anilines is 1. The van der Waals surface area contributed by atoms with Crippen LogP contribution in [-0.2, 0) is 6.54 Å². The van der Waals surface area contributed by atoms with E-state index in [-0.39, 0.29) is 29.1 Å². The quantitative estimate of drug-likeness (QED) is 0.368. The van der Waals surface area contributed by atoms with E-state index in [1.54, 1.807) is 24.4 Å². The highest BCUT2D eigenvalue weighted by Gasteiger charge is 2.17. The monoisotopic (exact) mass is 407 g/mol. The summed E-state index contributed by atoms with van der Waals surface area (Å²) in [6.07, 6.45) is 4.26. The lowest BCUT2D eigenvalue weighted by Gasteiger charge is -2.10. The smallest absolute Gasteiger partial charge is 0.293 e. The molecule has 0 bridgehead atoms. The average Bonchev–Trinajstić information content (AvgIpc) is 2.74. The molecule has 0 unspecified atom stereocenters. The minimum atomic E-state index is -0.598. The molecule has 0 saturated heterocycles. The van der Waals surface area contributed by atoms with E-state index in [9.17, 15) is 19.3 Å². The van der Waals surface area contributed by atoms with Gasteiger partial charge in [0.15, 0.2) is 11.6 Å². The van der Waals surface area contributed by atoms with Crippen molar-refractivity contribution in [3.8, 4) is 11.5 Å². The van der Waals surface area contributed by atoms with E-state index in [4.69, 9.17) is 4.74 Å². The fourth-order valence-corrected chi connectivity index (χ4v) is 2.87. The van der Waals surface area contributed by atoms with E-state index in [0.717, 1.165) is 6.07 Å². The summed E-state index contributed by atoms with van der Waals surface area (Å²) in [5.74, 6) is -0.150. The van der Waals surface area contributed by atoms with Crippen LogP contribution in [0.1, 0.15) is 5.56 Å². The molecule has 2 aromatic heterocycles. The fourth-order valence-electron chi connectivity index (χ4n) is 2.87. The maximum Gasteiger partial charge on any atom is 0.293 e. The largest absolute Gasteiger partial charge is 0.453 e. The molecule has 10 heteroatoms. The molecule has 0 aliphatic carbocycles. The third-order valence-corrected chi connectivity index (χ3v) is 4.30. The number of fused-ring (bicyclic) bond motifs is 1. The molecule has 0 spiro atoms. The molecule has 150 valence electrons. The lowest BCUT2D eigenvalue weighted by Crippen LogP contribution is -2.09.